The second-order valence-corrected chi connectivity index (χ2v) is 10.9. The van der Waals surface area contributed by atoms with Crippen LogP contribution in [0.2, 0.25) is 0 Å². The second-order valence-electron chi connectivity index (χ2n) is 6.45. The van der Waals surface area contributed by atoms with Crippen molar-refractivity contribution in [3.8, 4) is 0 Å². The fourth-order valence-corrected chi connectivity index (χ4v) is 7.69. The zero-order valence-electron chi connectivity index (χ0n) is 13.3. The van der Waals surface area contributed by atoms with Crippen LogP contribution in [0.3, 0.4) is 0 Å². The van der Waals surface area contributed by atoms with Crippen LogP contribution in [-0.2, 0) is 19.7 Å². The summed E-state index contributed by atoms with van der Waals surface area (Å²) < 4.78 is 48.5. The largest absolute Gasteiger partial charge is 0.339 e. The van der Waals surface area contributed by atoms with E-state index in [0.29, 0.717) is 18.7 Å². The maximum atomic E-state index is 12.7. The third kappa shape index (κ3) is 3.49. The standard InChI is InChI=1S/C16H21NO5S2/c18-16(17-8-2-1-3-9-17)13-5-4-6-14(11-13)24(21,22)15-7-10-23(19,20)12-15/h4-6,11,15H,1-3,7-10,12H2. The summed E-state index contributed by atoms with van der Waals surface area (Å²) in [4.78, 5) is 14.3. The van der Waals surface area contributed by atoms with Crippen molar-refractivity contribution in [1.29, 1.82) is 0 Å². The van der Waals surface area contributed by atoms with Gasteiger partial charge in [0.05, 0.1) is 21.7 Å². The van der Waals surface area contributed by atoms with Crippen LogP contribution in [0.25, 0.3) is 0 Å². The molecule has 1 aromatic rings. The molecule has 0 aliphatic carbocycles. The number of benzene rings is 1. The summed E-state index contributed by atoms with van der Waals surface area (Å²) in [6.45, 7) is 1.38. The minimum Gasteiger partial charge on any atom is -0.339 e. The van der Waals surface area contributed by atoms with Crippen LogP contribution < -0.4 is 0 Å². The highest BCUT2D eigenvalue weighted by Crippen LogP contribution is 2.26. The number of hydrogen-bond donors (Lipinski definition) is 0. The Labute approximate surface area is 142 Å². The van der Waals surface area contributed by atoms with E-state index in [1.807, 2.05) is 0 Å². The number of carbonyl (C=O) groups excluding carboxylic acids is 1. The molecule has 2 aliphatic rings. The van der Waals surface area contributed by atoms with Gasteiger partial charge >= 0.3 is 0 Å². The minimum atomic E-state index is -3.75. The third-order valence-electron chi connectivity index (χ3n) is 4.68. The summed E-state index contributed by atoms with van der Waals surface area (Å²) in [6.07, 6.45) is 3.15. The molecule has 0 bridgehead atoms. The van der Waals surface area contributed by atoms with Crippen molar-refractivity contribution >= 4 is 25.6 Å². The van der Waals surface area contributed by atoms with Crippen molar-refractivity contribution in [1.82, 2.24) is 4.90 Å². The molecule has 0 N–H and O–H groups in total. The first-order valence-electron chi connectivity index (χ1n) is 8.13. The van der Waals surface area contributed by atoms with Crippen molar-refractivity contribution in [2.75, 3.05) is 24.6 Å². The third-order valence-corrected chi connectivity index (χ3v) is 8.85. The average Bonchev–Trinajstić information content (AvgIpc) is 2.96. The summed E-state index contributed by atoms with van der Waals surface area (Å²) in [5, 5.41) is -0.914. The summed E-state index contributed by atoms with van der Waals surface area (Å²) in [5.74, 6) is -0.589. The number of sulfone groups is 2. The van der Waals surface area contributed by atoms with Crippen LogP contribution in [0, 0.1) is 0 Å². The number of piperidine rings is 1. The van der Waals surface area contributed by atoms with Gasteiger partial charge in [-0.3, -0.25) is 4.79 Å². The first kappa shape index (κ1) is 17.4. The summed E-state index contributed by atoms with van der Waals surface area (Å²) in [6, 6.07) is 5.99. The van der Waals surface area contributed by atoms with Gasteiger partial charge in [0, 0.05) is 18.7 Å². The highest BCUT2D eigenvalue weighted by Gasteiger charge is 2.38. The van der Waals surface area contributed by atoms with Crippen molar-refractivity contribution in [2.45, 2.75) is 35.8 Å². The number of amides is 1. The summed E-state index contributed by atoms with van der Waals surface area (Å²) in [7, 11) is -7.03. The number of hydrogen-bond acceptors (Lipinski definition) is 5. The van der Waals surface area contributed by atoms with E-state index in [-0.39, 0.29) is 28.7 Å². The number of nitrogens with zero attached hydrogens (tertiary/aromatic N) is 1. The lowest BCUT2D eigenvalue weighted by atomic mass is 10.1. The van der Waals surface area contributed by atoms with Crippen molar-refractivity contribution in [3.63, 3.8) is 0 Å². The molecule has 2 saturated heterocycles. The van der Waals surface area contributed by atoms with E-state index in [9.17, 15) is 21.6 Å². The predicted octanol–water partition coefficient (Wildman–Crippen LogP) is 1.27. The Kier molecular flexibility index (Phi) is 4.70. The lowest BCUT2D eigenvalue weighted by molar-refractivity contribution is 0.0724. The fraction of sp³-hybridized carbons (Fsp3) is 0.562. The van der Waals surface area contributed by atoms with E-state index in [4.69, 9.17) is 0 Å². The monoisotopic (exact) mass is 371 g/mol. The molecule has 0 aromatic heterocycles. The molecule has 2 aliphatic heterocycles. The summed E-state index contributed by atoms with van der Waals surface area (Å²) in [5.41, 5.74) is 0.346. The molecule has 2 fully saturated rings. The van der Waals surface area contributed by atoms with Gasteiger partial charge in [-0.1, -0.05) is 6.07 Å². The number of carbonyl (C=O) groups is 1. The highest BCUT2D eigenvalue weighted by atomic mass is 32.2. The predicted molar refractivity (Wildman–Crippen MR) is 90.4 cm³/mol. The maximum Gasteiger partial charge on any atom is 0.253 e. The Morgan fingerprint density at radius 2 is 1.83 bits per heavy atom. The lowest BCUT2D eigenvalue weighted by Gasteiger charge is -2.26. The first-order chi connectivity index (χ1) is 11.3. The Bertz CT molecular complexity index is 839. The quantitative estimate of drug-likeness (QED) is 0.798. The van der Waals surface area contributed by atoms with Crippen LogP contribution in [0.4, 0.5) is 0 Å². The van der Waals surface area contributed by atoms with Gasteiger partial charge < -0.3 is 4.90 Å². The number of likely N-dealkylation sites (tertiary alicyclic amines) is 1. The number of rotatable bonds is 3. The molecule has 3 rings (SSSR count). The second kappa shape index (κ2) is 6.48. The normalized spacial score (nSPS) is 24.0. The molecular formula is C16H21NO5S2. The van der Waals surface area contributed by atoms with E-state index in [0.717, 1.165) is 19.3 Å². The molecule has 0 saturated carbocycles. The van der Waals surface area contributed by atoms with Gasteiger partial charge in [-0.05, 0) is 43.9 Å². The lowest BCUT2D eigenvalue weighted by Crippen LogP contribution is -2.35. The average molecular weight is 371 g/mol. The topological polar surface area (TPSA) is 88.6 Å². The van der Waals surface area contributed by atoms with Gasteiger partial charge in [-0.15, -0.1) is 0 Å². The Hall–Kier alpha value is -1.41. The minimum absolute atomic E-state index is 0.0347. The molecule has 1 aromatic carbocycles. The molecular weight excluding hydrogens is 350 g/mol. The maximum absolute atomic E-state index is 12.7. The van der Waals surface area contributed by atoms with E-state index in [2.05, 4.69) is 0 Å². The van der Waals surface area contributed by atoms with Crippen molar-refractivity contribution in [2.24, 2.45) is 0 Å². The molecule has 1 atom stereocenters. The smallest absolute Gasteiger partial charge is 0.253 e. The van der Waals surface area contributed by atoms with Gasteiger partial charge in [0.2, 0.25) is 0 Å². The molecule has 132 valence electrons. The molecule has 1 amide bonds. The molecule has 24 heavy (non-hydrogen) atoms. The van der Waals surface area contributed by atoms with Crippen LogP contribution in [-0.4, -0.2) is 57.5 Å². The van der Waals surface area contributed by atoms with Gasteiger partial charge in [0.15, 0.2) is 19.7 Å². The zero-order chi connectivity index (χ0) is 17.4. The van der Waals surface area contributed by atoms with Crippen LogP contribution in [0.1, 0.15) is 36.0 Å². The van der Waals surface area contributed by atoms with Crippen molar-refractivity contribution < 1.29 is 21.6 Å². The van der Waals surface area contributed by atoms with Gasteiger partial charge in [-0.25, -0.2) is 16.8 Å². The zero-order valence-corrected chi connectivity index (χ0v) is 15.0. The van der Waals surface area contributed by atoms with E-state index in [1.165, 1.54) is 12.1 Å². The van der Waals surface area contributed by atoms with Crippen LogP contribution in [0.15, 0.2) is 29.2 Å². The Balaban J connectivity index is 1.86. The first-order valence-corrected chi connectivity index (χ1v) is 11.5. The van der Waals surface area contributed by atoms with Gasteiger partial charge in [0.25, 0.3) is 5.91 Å². The van der Waals surface area contributed by atoms with Crippen LogP contribution >= 0.6 is 0 Å². The SMILES string of the molecule is O=C(c1cccc(S(=O)(=O)C2CCS(=O)(=O)C2)c1)N1CCCCC1. The highest BCUT2D eigenvalue weighted by molar-refractivity contribution is 7.96. The van der Waals surface area contributed by atoms with Crippen LogP contribution in [0.5, 0.6) is 0 Å². The molecule has 8 heteroatoms. The molecule has 0 spiro atoms. The fourth-order valence-electron chi connectivity index (χ4n) is 3.28. The molecule has 0 radical (unpaired) electrons. The Morgan fingerprint density at radius 1 is 1.12 bits per heavy atom. The van der Waals surface area contributed by atoms with Gasteiger partial charge in [0.1, 0.15) is 0 Å². The van der Waals surface area contributed by atoms with E-state index < -0.39 is 24.9 Å². The molecule has 1 unspecified atom stereocenters. The Morgan fingerprint density at radius 3 is 2.46 bits per heavy atom. The van der Waals surface area contributed by atoms with E-state index in [1.54, 1.807) is 17.0 Å². The van der Waals surface area contributed by atoms with E-state index >= 15 is 0 Å². The molecule has 2 heterocycles. The molecule has 6 nitrogen and oxygen atoms in total. The summed E-state index contributed by atoms with van der Waals surface area (Å²) >= 11 is 0. The van der Waals surface area contributed by atoms with Crippen molar-refractivity contribution in [3.05, 3.63) is 29.8 Å². The van der Waals surface area contributed by atoms with Gasteiger partial charge in [-0.2, -0.15) is 0 Å².